The molecule has 0 atom stereocenters. The zero-order chi connectivity index (χ0) is 11.5. The molecule has 2 nitrogen and oxygen atoms in total. The molecular formula is C12H19NOS. The number of rotatable bonds is 3. The molecule has 15 heavy (non-hydrogen) atoms. The monoisotopic (exact) mass is 225 g/mol. The minimum atomic E-state index is 0.0691. The average molecular weight is 225 g/mol. The molecule has 1 aromatic rings. The van der Waals surface area contributed by atoms with Crippen LogP contribution in [0.1, 0.15) is 32.0 Å². The second-order valence-electron chi connectivity index (χ2n) is 4.54. The minimum absolute atomic E-state index is 0.0691. The Morgan fingerprint density at radius 3 is 2.47 bits per heavy atom. The Labute approximate surface area is 96.4 Å². The van der Waals surface area contributed by atoms with Crippen molar-refractivity contribution in [1.82, 2.24) is 4.98 Å². The molecule has 1 rings (SSSR count). The van der Waals surface area contributed by atoms with Crippen molar-refractivity contribution in [2.24, 2.45) is 0 Å². The van der Waals surface area contributed by atoms with Crippen LogP contribution in [0.3, 0.4) is 0 Å². The van der Waals surface area contributed by atoms with Crippen molar-refractivity contribution < 1.29 is 4.74 Å². The second kappa shape index (κ2) is 4.88. The predicted octanol–water partition coefficient (Wildman–Crippen LogP) is 3.25. The number of aromatic nitrogens is 1. The van der Waals surface area contributed by atoms with Crippen LogP contribution < -0.4 is 4.74 Å². The molecule has 0 aliphatic heterocycles. The lowest BCUT2D eigenvalue weighted by Gasteiger charge is -2.21. The lowest BCUT2D eigenvalue weighted by molar-refractivity contribution is 0.391. The van der Waals surface area contributed by atoms with Crippen LogP contribution in [-0.2, 0) is 11.2 Å². The summed E-state index contributed by atoms with van der Waals surface area (Å²) in [5.74, 6) is 1.70. The molecule has 0 unspecified atom stereocenters. The van der Waals surface area contributed by atoms with E-state index in [1.54, 1.807) is 7.11 Å². The number of ether oxygens (including phenoxy) is 1. The summed E-state index contributed by atoms with van der Waals surface area (Å²) in [7, 11) is 1.66. The number of hydrogen-bond acceptors (Lipinski definition) is 3. The second-order valence-corrected chi connectivity index (χ2v) is 5.41. The van der Waals surface area contributed by atoms with Crippen molar-refractivity contribution in [1.29, 1.82) is 0 Å². The standard InChI is InChI=1S/C12H19NOS/c1-12(2,3)11-9(8-15-5)6-7-10(13-11)14-4/h6-7H,8H2,1-5H3. The largest absolute Gasteiger partial charge is 0.481 e. The van der Waals surface area contributed by atoms with Crippen LogP contribution in [0.15, 0.2) is 12.1 Å². The molecule has 0 amide bonds. The Balaban J connectivity index is 3.16. The van der Waals surface area contributed by atoms with Gasteiger partial charge in [-0.1, -0.05) is 26.8 Å². The highest BCUT2D eigenvalue weighted by Crippen LogP contribution is 2.28. The van der Waals surface area contributed by atoms with Gasteiger partial charge in [0.25, 0.3) is 0 Å². The van der Waals surface area contributed by atoms with Gasteiger partial charge in [0.2, 0.25) is 5.88 Å². The molecule has 3 heteroatoms. The lowest BCUT2D eigenvalue weighted by atomic mass is 9.89. The summed E-state index contributed by atoms with van der Waals surface area (Å²) in [6, 6.07) is 4.05. The van der Waals surface area contributed by atoms with Gasteiger partial charge in [-0.15, -0.1) is 0 Å². The topological polar surface area (TPSA) is 22.1 Å². The fourth-order valence-electron chi connectivity index (χ4n) is 1.51. The van der Waals surface area contributed by atoms with Gasteiger partial charge in [-0.2, -0.15) is 11.8 Å². The van der Waals surface area contributed by atoms with Crippen LogP contribution in [0.25, 0.3) is 0 Å². The van der Waals surface area contributed by atoms with Crippen LogP contribution in [0, 0.1) is 0 Å². The molecule has 0 spiro atoms. The smallest absolute Gasteiger partial charge is 0.213 e. The molecule has 0 radical (unpaired) electrons. The molecule has 0 N–H and O–H groups in total. The maximum atomic E-state index is 5.17. The highest BCUT2D eigenvalue weighted by Gasteiger charge is 2.20. The molecule has 0 saturated heterocycles. The number of nitrogens with zero attached hydrogens (tertiary/aromatic N) is 1. The first kappa shape index (κ1) is 12.4. The summed E-state index contributed by atoms with van der Waals surface area (Å²) in [5, 5.41) is 0. The van der Waals surface area contributed by atoms with E-state index in [1.165, 1.54) is 5.56 Å². The summed E-state index contributed by atoms with van der Waals surface area (Å²) in [6.45, 7) is 6.54. The van der Waals surface area contributed by atoms with Crippen LogP contribution >= 0.6 is 11.8 Å². The van der Waals surface area contributed by atoms with Gasteiger partial charge in [-0.25, -0.2) is 4.98 Å². The van der Waals surface area contributed by atoms with E-state index >= 15 is 0 Å². The van der Waals surface area contributed by atoms with Crippen molar-refractivity contribution in [3.05, 3.63) is 23.4 Å². The zero-order valence-electron chi connectivity index (χ0n) is 10.1. The summed E-state index contributed by atoms with van der Waals surface area (Å²) in [5.41, 5.74) is 2.51. The molecule has 0 fully saturated rings. The summed E-state index contributed by atoms with van der Waals surface area (Å²) in [4.78, 5) is 4.55. The van der Waals surface area contributed by atoms with Crippen LogP contribution in [0.5, 0.6) is 5.88 Å². The summed E-state index contributed by atoms with van der Waals surface area (Å²) < 4.78 is 5.17. The Hall–Kier alpha value is -0.700. The molecule has 0 aromatic carbocycles. The highest BCUT2D eigenvalue weighted by molar-refractivity contribution is 7.97. The van der Waals surface area contributed by atoms with Crippen molar-refractivity contribution >= 4 is 11.8 Å². The van der Waals surface area contributed by atoms with Gasteiger partial charge in [0.05, 0.1) is 12.8 Å². The first-order chi connectivity index (χ1) is 6.99. The fourth-order valence-corrected chi connectivity index (χ4v) is 2.05. The molecule has 1 aromatic heterocycles. The molecule has 0 bridgehead atoms. The van der Waals surface area contributed by atoms with Gasteiger partial charge in [-0.3, -0.25) is 0 Å². The number of pyridine rings is 1. The van der Waals surface area contributed by atoms with Gasteiger partial charge < -0.3 is 4.74 Å². The average Bonchev–Trinajstić information content (AvgIpc) is 2.17. The van der Waals surface area contributed by atoms with Gasteiger partial charge in [0.15, 0.2) is 0 Å². The molecule has 0 aliphatic carbocycles. The normalized spacial score (nSPS) is 11.5. The Kier molecular flexibility index (Phi) is 4.03. The quantitative estimate of drug-likeness (QED) is 0.788. The highest BCUT2D eigenvalue weighted by atomic mass is 32.2. The molecule has 1 heterocycles. The summed E-state index contributed by atoms with van der Waals surface area (Å²) in [6.07, 6.45) is 2.11. The third-order valence-corrected chi connectivity index (χ3v) is 2.77. The summed E-state index contributed by atoms with van der Waals surface area (Å²) >= 11 is 1.82. The predicted molar refractivity (Wildman–Crippen MR) is 66.7 cm³/mol. The number of hydrogen-bond donors (Lipinski definition) is 0. The van der Waals surface area contributed by atoms with E-state index < -0.39 is 0 Å². The van der Waals surface area contributed by atoms with Crippen LogP contribution in [0.4, 0.5) is 0 Å². The van der Waals surface area contributed by atoms with E-state index in [-0.39, 0.29) is 5.41 Å². The molecule has 0 aliphatic rings. The maximum absolute atomic E-state index is 5.17. The minimum Gasteiger partial charge on any atom is -0.481 e. The van der Waals surface area contributed by atoms with E-state index in [1.807, 2.05) is 17.8 Å². The van der Waals surface area contributed by atoms with Crippen LogP contribution in [-0.4, -0.2) is 18.3 Å². The molecule has 0 saturated carbocycles. The van der Waals surface area contributed by atoms with E-state index in [0.717, 1.165) is 11.4 Å². The maximum Gasteiger partial charge on any atom is 0.213 e. The molecular weight excluding hydrogens is 206 g/mol. The Morgan fingerprint density at radius 2 is 2.00 bits per heavy atom. The van der Waals surface area contributed by atoms with Crippen LogP contribution in [0.2, 0.25) is 0 Å². The number of thioether (sulfide) groups is 1. The lowest BCUT2D eigenvalue weighted by Crippen LogP contribution is -2.16. The van der Waals surface area contributed by atoms with Gasteiger partial charge in [-0.05, 0) is 11.8 Å². The SMILES string of the molecule is COc1ccc(CSC)c(C(C)(C)C)n1. The Bertz CT molecular complexity index is 331. The zero-order valence-corrected chi connectivity index (χ0v) is 10.9. The van der Waals surface area contributed by atoms with Crippen molar-refractivity contribution in [3.63, 3.8) is 0 Å². The van der Waals surface area contributed by atoms with Gasteiger partial charge in [0, 0.05) is 17.2 Å². The number of methoxy groups -OCH3 is 1. The fraction of sp³-hybridized carbons (Fsp3) is 0.583. The van der Waals surface area contributed by atoms with Gasteiger partial charge >= 0.3 is 0 Å². The third-order valence-electron chi connectivity index (χ3n) is 2.17. The van der Waals surface area contributed by atoms with Gasteiger partial charge in [0.1, 0.15) is 0 Å². The Morgan fingerprint density at radius 1 is 1.33 bits per heavy atom. The van der Waals surface area contributed by atoms with Crippen molar-refractivity contribution in [2.75, 3.05) is 13.4 Å². The van der Waals surface area contributed by atoms with E-state index in [0.29, 0.717) is 5.88 Å². The van der Waals surface area contributed by atoms with Crippen molar-refractivity contribution in [2.45, 2.75) is 31.9 Å². The van der Waals surface area contributed by atoms with Crippen molar-refractivity contribution in [3.8, 4) is 5.88 Å². The van der Waals surface area contributed by atoms with E-state index in [2.05, 4.69) is 38.1 Å². The first-order valence-corrected chi connectivity index (χ1v) is 6.41. The first-order valence-electron chi connectivity index (χ1n) is 5.02. The van der Waals surface area contributed by atoms with E-state index in [9.17, 15) is 0 Å². The van der Waals surface area contributed by atoms with E-state index in [4.69, 9.17) is 4.74 Å². The third kappa shape index (κ3) is 3.13. The molecule has 84 valence electrons.